The van der Waals surface area contributed by atoms with E-state index in [0.29, 0.717) is 33.0 Å². The first-order valence-electron chi connectivity index (χ1n) is 7.23. The molecule has 20 heavy (non-hydrogen) atoms. The summed E-state index contributed by atoms with van der Waals surface area (Å²) in [4.78, 5) is 2.09. The number of hydrogen-bond acceptors (Lipinski definition) is 6. The summed E-state index contributed by atoms with van der Waals surface area (Å²) in [5, 5.41) is 3.37. The Hall–Kier alpha value is 0.150. The molecule has 0 heterocycles. The predicted octanol–water partition coefficient (Wildman–Crippen LogP) is 1.24. The maximum absolute atomic E-state index is 5.46. The molecule has 122 valence electrons. The highest BCUT2D eigenvalue weighted by atomic mass is 32.1. The highest BCUT2D eigenvalue weighted by Gasteiger charge is 2.06. The molecule has 1 N–H and O–H groups in total. The molecule has 0 saturated heterocycles. The van der Waals surface area contributed by atoms with Crippen molar-refractivity contribution in [3.05, 3.63) is 0 Å². The van der Waals surface area contributed by atoms with Crippen molar-refractivity contribution in [2.24, 2.45) is 0 Å². The van der Waals surface area contributed by atoms with E-state index in [0.717, 1.165) is 25.6 Å². The van der Waals surface area contributed by atoms with Crippen LogP contribution in [0, 0.1) is 0 Å². The van der Waals surface area contributed by atoms with Crippen LogP contribution in [0.3, 0.4) is 0 Å². The lowest BCUT2D eigenvalue weighted by Crippen LogP contribution is -2.38. The van der Waals surface area contributed by atoms with Gasteiger partial charge in [0.1, 0.15) is 0 Å². The molecular formula is C14H32N2O3S. The topological polar surface area (TPSA) is 43.0 Å². The van der Waals surface area contributed by atoms with Crippen LogP contribution in [0.15, 0.2) is 0 Å². The van der Waals surface area contributed by atoms with Gasteiger partial charge in [-0.25, -0.2) is 0 Å². The number of nitrogens with zero attached hydrogens (tertiary/aromatic N) is 1. The van der Waals surface area contributed by atoms with E-state index in [1.54, 1.807) is 0 Å². The fourth-order valence-electron chi connectivity index (χ4n) is 1.33. The Balaban J connectivity index is 3.07. The first-order chi connectivity index (χ1) is 9.45. The SMILES string of the molecule is CN(CS)CCOCCOCCOCCNC(C)(C)C. The summed E-state index contributed by atoms with van der Waals surface area (Å²) in [6.45, 7) is 12.1. The zero-order valence-electron chi connectivity index (χ0n) is 13.5. The van der Waals surface area contributed by atoms with E-state index < -0.39 is 0 Å². The second-order valence-electron chi connectivity index (χ2n) is 5.73. The van der Waals surface area contributed by atoms with Crippen LogP contribution >= 0.6 is 12.6 Å². The lowest BCUT2D eigenvalue weighted by Gasteiger charge is -2.20. The van der Waals surface area contributed by atoms with E-state index in [9.17, 15) is 0 Å². The van der Waals surface area contributed by atoms with Crippen molar-refractivity contribution in [2.75, 3.05) is 65.7 Å². The molecule has 0 rings (SSSR count). The molecule has 0 aliphatic carbocycles. The van der Waals surface area contributed by atoms with E-state index in [1.807, 2.05) is 7.05 Å². The number of hydrogen-bond donors (Lipinski definition) is 2. The minimum Gasteiger partial charge on any atom is -0.378 e. The Morgan fingerprint density at radius 1 is 0.900 bits per heavy atom. The van der Waals surface area contributed by atoms with Gasteiger partial charge in [-0.2, -0.15) is 12.6 Å². The minimum absolute atomic E-state index is 0.151. The average molecular weight is 308 g/mol. The van der Waals surface area contributed by atoms with Gasteiger partial charge in [0, 0.05) is 24.5 Å². The Kier molecular flexibility index (Phi) is 13.0. The van der Waals surface area contributed by atoms with Crippen LogP contribution < -0.4 is 5.32 Å². The number of rotatable bonds is 13. The summed E-state index contributed by atoms with van der Waals surface area (Å²) in [6, 6.07) is 0. The fourth-order valence-corrected chi connectivity index (χ4v) is 1.47. The molecule has 0 aliphatic rings. The number of ether oxygens (including phenoxy) is 3. The second kappa shape index (κ2) is 12.9. The van der Waals surface area contributed by atoms with Gasteiger partial charge in [0.15, 0.2) is 0 Å². The third kappa shape index (κ3) is 16.2. The number of nitrogens with one attached hydrogen (secondary N) is 1. The first-order valence-corrected chi connectivity index (χ1v) is 7.86. The minimum atomic E-state index is 0.151. The third-order valence-electron chi connectivity index (χ3n) is 2.50. The normalized spacial score (nSPS) is 12.3. The lowest BCUT2D eigenvalue weighted by molar-refractivity contribution is 0.0122. The maximum atomic E-state index is 5.46. The molecule has 0 radical (unpaired) electrons. The van der Waals surface area contributed by atoms with Gasteiger partial charge in [-0.05, 0) is 27.8 Å². The van der Waals surface area contributed by atoms with Crippen LogP contribution in [-0.4, -0.2) is 76.1 Å². The van der Waals surface area contributed by atoms with Crippen molar-refractivity contribution in [1.82, 2.24) is 10.2 Å². The van der Waals surface area contributed by atoms with Crippen molar-refractivity contribution in [1.29, 1.82) is 0 Å². The van der Waals surface area contributed by atoms with Gasteiger partial charge < -0.3 is 19.5 Å². The zero-order chi connectivity index (χ0) is 15.3. The van der Waals surface area contributed by atoms with E-state index >= 15 is 0 Å². The van der Waals surface area contributed by atoms with Gasteiger partial charge in [0.2, 0.25) is 0 Å². The molecule has 6 heteroatoms. The average Bonchev–Trinajstić information content (AvgIpc) is 2.38. The van der Waals surface area contributed by atoms with Gasteiger partial charge in [-0.15, -0.1) is 0 Å². The van der Waals surface area contributed by atoms with Gasteiger partial charge in [-0.3, -0.25) is 4.90 Å². The molecule has 0 amide bonds. The van der Waals surface area contributed by atoms with Crippen LogP contribution in [0.5, 0.6) is 0 Å². The molecule has 0 bridgehead atoms. The van der Waals surface area contributed by atoms with Crippen LogP contribution in [0.2, 0.25) is 0 Å². The summed E-state index contributed by atoms with van der Waals surface area (Å²) < 4.78 is 16.3. The third-order valence-corrected chi connectivity index (χ3v) is 2.99. The Morgan fingerprint density at radius 2 is 1.40 bits per heavy atom. The second-order valence-corrected chi connectivity index (χ2v) is 6.02. The fraction of sp³-hybridized carbons (Fsp3) is 1.00. The molecule has 0 fully saturated rings. The highest BCUT2D eigenvalue weighted by molar-refractivity contribution is 7.80. The monoisotopic (exact) mass is 308 g/mol. The van der Waals surface area contributed by atoms with Crippen molar-refractivity contribution < 1.29 is 14.2 Å². The maximum Gasteiger partial charge on any atom is 0.0701 e. The van der Waals surface area contributed by atoms with Crippen molar-refractivity contribution in [3.8, 4) is 0 Å². The summed E-state index contributed by atoms with van der Waals surface area (Å²) >= 11 is 4.16. The molecule has 0 unspecified atom stereocenters. The molecule has 0 aromatic carbocycles. The number of likely N-dealkylation sites (N-methyl/N-ethyl adjacent to an activating group) is 1. The van der Waals surface area contributed by atoms with Gasteiger partial charge in [0.05, 0.1) is 39.6 Å². The summed E-state index contributed by atoms with van der Waals surface area (Å²) in [7, 11) is 2.01. The smallest absolute Gasteiger partial charge is 0.0701 e. The van der Waals surface area contributed by atoms with Crippen molar-refractivity contribution in [3.63, 3.8) is 0 Å². The Labute approximate surface area is 129 Å². The molecule has 5 nitrogen and oxygen atoms in total. The molecule has 0 atom stereocenters. The summed E-state index contributed by atoms with van der Waals surface area (Å²) in [5.74, 6) is 0.751. The molecule has 0 aromatic rings. The van der Waals surface area contributed by atoms with Crippen LogP contribution in [-0.2, 0) is 14.2 Å². The standard InChI is InChI=1S/C14H32N2O3S/c1-14(2,3)15-5-7-17-9-11-19-12-10-18-8-6-16(4)13-20/h15,20H,5-13H2,1-4H3. The zero-order valence-corrected chi connectivity index (χ0v) is 14.4. The van der Waals surface area contributed by atoms with E-state index in [1.165, 1.54) is 0 Å². The first kappa shape index (κ1) is 20.1. The summed E-state index contributed by atoms with van der Waals surface area (Å²) in [6.07, 6.45) is 0. The van der Waals surface area contributed by atoms with E-state index in [-0.39, 0.29) is 5.54 Å². The lowest BCUT2D eigenvalue weighted by atomic mass is 10.1. The van der Waals surface area contributed by atoms with E-state index in [4.69, 9.17) is 14.2 Å². The van der Waals surface area contributed by atoms with Gasteiger partial charge in [0.25, 0.3) is 0 Å². The Bertz CT molecular complexity index is 213. The molecule has 0 spiro atoms. The molecule has 0 aromatic heterocycles. The van der Waals surface area contributed by atoms with Crippen LogP contribution in [0.25, 0.3) is 0 Å². The van der Waals surface area contributed by atoms with Crippen LogP contribution in [0.4, 0.5) is 0 Å². The van der Waals surface area contributed by atoms with Crippen LogP contribution in [0.1, 0.15) is 20.8 Å². The quantitative estimate of drug-likeness (QED) is 0.304. The predicted molar refractivity (Wildman–Crippen MR) is 86.7 cm³/mol. The highest BCUT2D eigenvalue weighted by Crippen LogP contribution is 1.96. The van der Waals surface area contributed by atoms with Crippen molar-refractivity contribution >= 4 is 12.6 Å². The van der Waals surface area contributed by atoms with E-state index in [2.05, 4.69) is 43.6 Å². The molecule has 0 saturated carbocycles. The number of thiol groups is 1. The van der Waals surface area contributed by atoms with Gasteiger partial charge in [-0.1, -0.05) is 0 Å². The Morgan fingerprint density at radius 3 is 1.90 bits per heavy atom. The van der Waals surface area contributed by atoms with Crippen molar-refractivity contribution in [2.45, 2.75) is 26.3 Å². The summed E-state index contributed by atoms with van der Waals surface area (Å²) in [5.41, 5.74) is 0.151. The molecular weight excluding hydrogens is 276 g/mol. The molecule has 0 aliphatic heterocycles. The van der Waals surface area contributed by atoms with Gasteiger partial charge >= 0.3 is 0 Å². The largest absolute Gasteiger partial charge is 0.378 e.